The van der Waals surface area contributed by atoms with Crippen LogP contribution in [0.25, 0.3) is 11.3 Å². The molecule has 1 aromatic heterocycles. The summed E-state index contributed by atoms with van der Waals surface area (Å²) in [6, 6.07) is 17.1. The van der Waals surface area contributed by atoms with Gasteiger partial charge < -0.3 is 20.9 Å². The molecular formula is C27H32N6O2. The highest BCUT2D eigenvalue weighted by Gasteiger charge is 2.25. The first-order valence-corrected chi connectivity index (χ1v) is 12.1. The zero-order valence-corrected chi connectivity index (χ0v) is 20.3. The number of benzene rings is 2. The summed E-state index contributed by atoms with van der Waals surface area (Å²) in [4.78, 5) is 37.3. The van der Waals surface area contributed by atoms with Crippen LogP contribution in [-0.2, 0) is 6.54 Å². The van der Waals surface area contributed by atoms with Crippen molar-refractivity contribution in [3.05, 3.63) is 77.6 Å². The monoisotopic (exact) mass is 472 g/mol. The molecule has 3 aromatic rings. The van der Waals surface area contributed by atoms with Crippen LogP contribution < -0.4 is 16.0 Å². The number of anilines is 1. The molecule has 0 saturated carbocycles. The Labute approximate surface area is 206 Å². The molecule has 182 valence electrons. The van der Waals surface area contributed by atoms with Crippen LogP contribution >= 0.6 is 0 Å². The zero-order valence-electron chi connectivity index (χ0n) is 20.3. The summed E-state index contributed by atoms with van der Waals surface area (Å²) < 4.78 is 0. The van der Waals surface area contributed by atoms with Crippen molar-refractivity contribution in [2.75, 3.05) is 31.5 Å². The number of likely N-dealkylation sites (N-methyl/N-ethyl adjacent to an activating group) is 1. The van der Waals surface area contributed by atoms with Crippen LogP contribution in [-0.4, -0.2) is 58.9 Å². The number of carbonyl (C=O) groups is 2. The highest BCUT2D eigenvalue weighted by molar-refractivity contribution is 5.98. The summed E-state index contributed by atoms with van der Waals surface area (Å²) in [7, 11) is 0. The van der Waals surface area contributed by atoms with Gasteiger partial charge in [-0.15, -0.1) is 0 Å². The fourth-order valence-electron chi connectivity index (χ4n) is 4.17. The van der Waals surface area contributed by atoms with Gasteiger partial charge in [-0.05, 0) is 37.6 Å². The van der Waals surface area contributed by atoms with E-state index in [4.69, 9.17) is 0 Å². The molecule has 1 atom stereocenters. The molecule has 0 bridgehead atoms. The van der Waals surface area contributed by atoms with E-state index in [0.717, 1.165) is 37.2 Å². The summed E-state index contributed by atoms with van der Waals surface area (Å²) in [6.07, 6.45) is 2.55. The quantitative estimate of drug-likeness (QED) is 0.442. The topological polar surface area (TPSA) is 99.2 Å². The van der Waals surface area contributed by atoms with E-state index >= 15 is 0 Å². The minimum absolute atomic E-state index is 0.0963. The fraction of sp³-hybridized carbons (Fsp3) is 0.333. The molecule has 2 heterocycles. The average Bonchev–Trinajstić information content (AvgIpc) is 3.36. The minimum atomic E-state index is -0.241. The van der Waals surface area contributed by atoms with Gasteiger partial charge in [0.2, 0.25) is 0 Å². The van der Waals surface area contributed by atoms with Crippen LogP contribution in [0.15, 0.2) is 60.8 Å². The number of nitrogens with zero attached hydrogens (tertiary/aromatic N) is 3. The lowest BCUT2D eigenvalue weighted by Crippen LogP contribution is -2.38. The highest BCUT2D eigenvalue weighted by Crippen LogP contribution is 2.22. The maximum atomic E-state index is 13.1. The van der Waals surface area contributed by atoms with Crippen LogP contribution in [0.2, 0.25) is 0 Å². The number of amides is 2. The predicted molar refractivity (Wildman–Crippen MR) is 137 cm³/mol. The lowest BCUT2D eigenvalue weighted by molar-refractivity contribution is 0.0930. The largest absolute Gasteiger partial charge is 0.368 e. The number of carbonyl (C=O) groups excluding carboxylic acids is 2. The Morgan fingerprint density at radius 2 is 1.89 bits per heavy atom. The van der Waals surface area contributed by atoms with Gasteiger partial charge in [-0.2, -0.15) is 0 Å². The third-order valence-corrected chi connectivity index (χ3v) is 6.10. The first-order valence-electron chi connectivity index (χ1n) is 12.1. The molecule has 1 fully saturated rings. The fourth-order valence-corrected chi connectivity index (χ4v) is 4.17. The third kappa shape index (κ3) is 6.22. The molecule has 1 aliphatic heterocycles. The Kier molecular flexibility index (Phi) is 8.05. The molecule has 1 saturated heterocycles. The summed E-state index contributed by atoms with van der Waals surface area (Å²) in [6.45, 7) is 7.93. The highest BCUT2D eigenvalue weighted by atomic mass is 16.2. The van der Waals surface area contributed by atoms with Gasteiger partial charge in [0, 0.05) is 43.3 Å². The van der Waals surface area contributed by atoms with Crippen molar-refractivity contribution >= 4 is 17.6 Å². The number of nitrogens with one attached hydrogen (secondary N) is 3. The standard InChI is InChI=1S/C27H32N6O2/c1-3-28-25-24(27(35)31-22-13-14-33(4-2)18-22)32-23(17-29-25)20-11-8-12-21(15-20)26(34)30-16-19-9-6-5-7-10-19/h5-12,15,17,22H,3-4,13-14,16,18H2,1-2H3,(H,28,29)(H,30,34)(H,31,35)/t22-/m0/s1. The summed E-state index contributed by atoms with van der Waals surface area (Å²) >= 11 is 0. The Morgan fingerprint density at radius 3 is 2.63 bits per heavy atom. The Hall–Kier alpha value is -3.78. The molecule has 0 unspecified atom stereocenters. The molecular weight excluding hydrogens is 440 g/mol. The second-order valence-electron chi connectivity index (χ2n) is 8.58. The van der Waals surface area contributed by atoms with Gasteiger partial charge >= 0.3 is 0 Å². The molecule has 8 nitrogen and oxygen atoms in total. The van der Waals surface area contributed by atoms with E-state index in [2.05, 4.69) is 37.7 Å². The third-order valence-electron chi connectivity index (χ3n) is 6.10. The van der Waals surface area contributed by atoms with Crippen LogP contribution in [0.3, 0.4) is 0 Å². The van der Waals surface area contributed by atoms with Crippen LogP contribution in [0.4, 0.5) is 5.82 Å². The van der Waals surface area contributed by atoms with E-state index in [-0.39, 0.29) is 23.6 Å². The van der Waals surface area contributed by atoms with Crippen molar-refractivity contribution in [3.8, 4) is 11.3 Å². The Bertz CT molecular complexity index is 1170. The molecule has 35 heavy (non-hydrogen) atoms. The smallest absolute Gasteiger partial charge is 0.274 e. The lowest BCUT2D eigenvalue weighted by atomic mass is 10.1. The lowest BCUT2D eigenvalue weighted by Gasteiger charge is -2.16. The predicted octanol–water partition coefficient (Wildman–Crippen LogP) is 3.33. The first-order chi connectivity index (χ1) is 17.1. The van der Waals surface area contributed by atoms with Crippen molar-refractivity contribution in [3.63, 3.8) is 0 Å². The zero-order chi connectivity index (χ0) is 24.6. The SMILES string of the molecule is CCNc1ncc(-c2cccc(C(=O)NCc3ccccc3)c2)nc1C(=O)N[C@H]1CCN(CC)C1. The number of rotatable bonds is 9. The second-order valence-corrected chi connectivity index (χ2v) is 8.58. The summed E-state index contributed by atoms with van der Waals surface area (Å²) in [5, 5.41) is 9.19. The molecule has 3 N–H and O–H groups in total. The van der Waals surface area contributed by atoms with Crippen molar-refractivity contribution < 1.29 is 9.59 Å². The molecule has 4 rings (SSSR count). The first kappa shape index (κ1) is 24.3. The van der Waals surface area contributed by atoms with Crippen LogP contribution in [0.1, 0.15) is 46.7 Å². The van der Waals surface area contributed by atoms with Gasteiger partial charge in [-0.1, -0.05) is 49.4 Å². The molecule has 0 radical (unpaired) electrons. The average molecular weight is 473 g/mol. The van der Waals surface area contributed by atoms with E-state index in [0.29, 0.717) is 30.2 Å². The molecule has 1 aliphatic rings. The van der Waals surface area contributed by atoms with Crippen molar-refractivity contribution in [1.29, 1.82) is 0 Å². The van der Waals surface area contributed by atoms with Crippen LogP contribution in [0.5, 0.6) is 0 Å². The molecule has 0 spiro atoms. The summed E-state index contributed by atoms with van der Waals surface area (Å²) in [5.74, 6) is 0.0403. The molecule has 2 aromatic carbocycles. The molecule has 8 heteroatoms. The van der Waals surface area contributed by atoms with Crippen molar-refractivity contribution in [2.45, 2.75) is 32.9 Å². The normalized spacial score (nSPS) is 15.5. The van der Waals surface area contributed by atoms with E-state index in [1.165, 1.54) is 0 Å². The van der Waals surface area contributed by atoms with Gasteiger partial charge in [0.1, 0.15) is 0 Å². The number of hydrogen-bond donors (Lipinski definition) is 3. The second kappa shape index (κ2) is 11.6. The maximum Gasteiger partial charge on any atom is 0.274 e. The summed E-state index contributed by atoms with van der Waals surface area (Å²) in [5.41, 5.74) is 3.07. The van der Waals surface area contributed by atoms with Gasteiger partial charge in [0.25, 0.3) is 11.8 Å². The van der Waals surface area contributed by atoms with E-state index in [1.807, 2.05) is 49.4 Å². The molecule has 2 amide bonds. The van der Waals surface area contributed by atoms with E-state index < -0.39 is 0 Å². The number of likely N-dealkylation sites (tertiary alicyclic amines) is 1. The Morgan fingerprint density at radius 1 is 1.06 bits per heavy atom. The number of aromatic nitrogens is 2. The van der Waals surface area contributed by atoms with E-state index in [9.17, 15) is 9.59 Å². The van der Waals surface area contributed by atoms with Crippen LogP contribution in [0, 0.1) is 0 Å². The van der Waals surface area contributed by atoms with E-state index in [1.54, 1.807) is 18.3 Å². The Balaban J connectivity index is 1.52. The minimum Gasteiger partial charge on any atom is -0.368 e. The van der Waals surface area contributed by atoms with Gasteiger partial charge in [-0.25, -0.2) is 9.97 Å². The van der Waals surface area contributed by atoms with Gasteiger partial charge in [0.15, 0.2) is 11.5 Å². The van der Waals surface area contributed by atoms with Gasteiger partial charge in [-0.3, -0.25) is 9.59 Å². The van der Waals surface area contributed by atoms with Crippen molar-refractivity contribution in [2.24, 2.45) is 0 Å². The number of hydrogen-bond acceptors (Lipinski definition) is 6. The van der Waals surface area contributed by atoms with Gasteiger partial charge in [0.05, 0.1) is 11.9 Å². The van der Waals surface area contributed by atoms with Crippen molar-refractivity contribution in [1.82, 2.24) is 25.5 Å². The molecule has 0 aliphatic carbocycles. The maximum absolute atomic E-state index is 13.1.